The van der Waals surface area contributed by atoms with Crippen molar-refractivity contribution in [2.75, 3.05) is 13.1 Å². The van der Waals surface area contributed by atoms with Crippen LogP contribution in [0.5, 0.6) is 5.75 Å². The molecule has 1 aliphatic rings. The molecule has 1 heterocycles. The van der Waals surface area contributed by atoms with E-state index < -0.39 is 0 Å². The molecule has 1 N–H and O–H groups in total. The molecule has 0 radical (unpaired) electrons. The molecule has 0 aliphatic carbocycles. The van der Waals surface area contributed by atoms with Crippen molar-refractivity contribution in [2.24, 2.45) is 5.92 Å². The predicted octanol–water partition coefficient (Wildman–Crippen LogP) is 4.19. The third-order valence-electron chi connectivity index (χ3n) is 5.32. The summed E-state index contributed by atoms with van der Waals surface area (Å²) in [5.74, 6) is 0.935. The molecule has 1 fully saturated rings. The van der Waals surface area contributed by atoms with Gasteiger partial charge in [-0.25, -0.2) is 0 Å². The number of phenols is 1. The summed E-state index contributed by atoms with van der Waals surface area (Å²) < 4.78 is 0. The number of rotatable bonds is 3. The molecule has 1 saturated heterocycles. The highest BCUT2D eigenvalue weighted by atomic mass is 16.3. The van der Waals surface area contributed by atoms with Gasteiger partial charge in [0.15, 0.2) is 0 Å². The summed E-state index contributed by atoms with van der Waals surface area (Å²) in [6.45, 7) is 7.90. The smallest absolute Gasteiger partial charge is 0.115 e. The van der Waals surface area contributed by atoms with Crippen molar-refractivity contribution >= 4 is 0 Å². The predicted molar refractivity (Wildman–Crippen MR) is 91.0 cm³/mol. The number of hydrogen-bond acceptors (Lipinski definition) is 2. The molecule has 2 heteroatoms. The van der Waals surface area contributed by atoms with Crippen LogP contribution in [0, 0.1) is 5.92 Å². The van der Waals surface area contributed by atoms with E-state index in [2.05, 4.69) is 55.1 Å². The summed E-state index contributed by atoms with van der Waals surface area (Å²) in [5.41, 5.74) is 2.79. The fraction of sp³-hybridized carbons (Fsp3) is 0.400. The molecule has 3 rings (SSSR count). The van der Waals surface area contributed by atoms with E-state index in [0.29, 0.717) is 11.7 Å². The molecule has 2 atom stereocenters. The van der Waals surface area contributed by atoms with Gasteiger partial charge in [0.25, 0.3) is 0 Å². The lowest BCUT2D eigenvalue weighted by atomic mass is 9.68. The Balaban J connectivity index is 1.72. The van der Waals surface area contributed by atoms with Gasteiger partial charge in [-0.1, -0.05) is 56.3 Å². The first-order valence-corrected chi connectivity index (χ1v) is 8.14. The van der Waals surface area contributed by atoms with Crippen LogP contribution in [0.15, 0.2) is 54.6 Å². The second-order valence-electron chi connectivity index (χ2n) is 6.84. The molecule has 2 aromatic carbocycles. The number of hydrogen-bond donors (Lipinski definition) is 1. The number of nitrogens with zero attached hydrogens (tertiary/aromatic N) is 1. The molecule has 116 valence electrons. The van der Waals surface area contributed by atoms with Crippen molar-refractivity contribution in [3.63, 3.8) is 0 Å². The zero-order valence-corrected chi connectivity index (χ0v) is 13.5. The third-order valence-corrected chi connectivity index (χ3v) is 5.32. The Labute approximate surface area is 133 Å². The molecule has 0 amide bonds. The highest BCUT2D eigenvalue weighted by Crippen LogP contribution is 2.40. The van der Waals surface area contributed by atoms with E-state index in [-0.39, 0.29) is 5.41 Å². The van der Waals surface area contributed by atoms with Crippen LogP contribution in [0.25, 0.3) is 0 Å². The monoisotopic (exact) mass is 295 g/mol. The first kappa shape index (κ1) is 15.1. The van der Waals surface area contributed by atoms with Crippen molar-refractivity contribution in [3.8, 4) is 5.75 Å². The maximum Gasteiger partial charge on any atom is 0.115 e. The van der Waals surface area contributed by atoms with Crippen LogP contribution in [0.2, 0.25) is 0 Å². The number of aromatic hydroxyl groups is 1. The molecule has 0 unspecified atom stereocenters. The van der Waals surface area contributed by atoms with Gasteiger partial charge in [0.2, 0.25) is 0 Å². The maximum absolute atomic E-state index is 9.78. The Kier molecular flexibility index (Phi) is 4.21. The van der Waals surface area contributed by atoms with Crippen molar-refractivity contribution in [2.45, 2.75) is 32.2 Å². The lowest BCUT2D eigenvalue weighted by Crippen LogP contribution is -2.46. The molecule has 0 aromatic heterocycles. The Morgan fingerprint density at radius 3 is 2.59 bits per heavy atom. The second kappa shape index (κ2) is 6.13. The third kappa shape index (κ3) is 3.02. The van der Waals surface area contributed by atoms with Crippen molar-refractivity contribution < 1.29 is 5.11 Å². The van der Waals surface area contributed by atoms with E-state index in [4.69, 9.17) is 0 Å². The van der Waals surface area contributed by atoms with E-state index in [0.717, 1.165) is 26.1 Å². The minimum Gasteiger partial charge on any atom is -0.508 e. The van der Waals surface area contributed by atoms with Crippen LogP contribution in [0.3, 0.4) is 0 Å². The molecule has 0 saturated carbocycles. The normalized spacial score (nSPS) is 26.0. The summed E-state index contributed by atoms with van der Waals surface area (Å²) in [4.78, 5) is 2.55. The van der Waals surface area contributed by atoms with Crippen molar-refractivity contribution in [1.82, 2.24) is 4.90 Å². The lowest BCUT2D eigenvalue weighted by Gasteiger charge is -2.45. The maximum atomic E-state index is 9.78. The molecule has 1 aliphatic heterocycles. The zero-order chi connectivity index (χ0) is 15.6. The standard InChI is InChI=1S/C20H25NO/c1-16-14-21(15-17-7-4-3-5-8-17)12-11-20(16,2)18-9-6-10-19(22)13-18/h3-10,13,16,22H,11-12,14-15H2,1-2H3/t16-,20-/m0/s1. The SMILES string of the molecule is C[C@H]1CN(Cc2ccccc2)CC[C@]1(C)c1cccc(O)c1. The molecular weight excluding hydrogens is 270 g/mol. The van der Waals surface area contributed by atoms with Gasteiger partial charge in [0.05, 0.1) is 0 Å². The summed E-state index contributed by atoms with van der Waals surface area (Å²) in [5, 5.41) is 9.78. The fourth-order valence-electron chi connectivity index (χ4n) is 3.59. The number of likely N-dealkylation sites (tertiary alicyclic amines) is 1. The zero-order valence-electron chi connectivity index (χ0n) is 13.5. The summed E-state index contributed by atoms with van der Waals surface area (Å²) >= 11 is 0. The van der Waals surface area contributed by atoms with E-state index in [9.17, 15) is 5.11 Å². The van der Waals surface area contributed by atoms with Crippen LogP contribution in [-0.4, -0.2) is 23.1 Å². The Bertz CT molecular complexity index is 625. The summed E-state index contributed by atoms with van der Waals surface area (Å²) in [6.07, 6.45) is 1.13. The molecule has 2 nitrogen and oxygen atoms in total. The topological polar surface area (TPSA) is 23.5 Å². The number of benzene rings is 2. The summed E-state index contributed by atoms with van der Waals surface area (Å²) in [6, 6.07) is 18.5. The molecule has 0 spiro atoms. The second-order valence-corrected chi connectivity index (χ2v) is 6.84. The van der Waals surface area contributed by atoms with Gasteiger partial charge in [0, 0.05) is 13.1 Å². The molecule has 2 aromatic rings. The van der Waals surface area contributed by atoms with Gasteiger partial charge in [-0.05, 0) is 47.6 Å². The highest BCUT2D eigenvalue weighted by Gasteiger charge is 2.37. The Morgan fingerprint density at radius 1 is 1.14 bits per heavy atom. The van der Waals surface area contributed by atoms with Gasteiger partial charge < -0.3 is 5.11 Å². The van der Waals surface area contributed by atoms with Gasteiger partial charge in [-0.15, -0.1) is 0 Å². The average Bonchev–Trinajstić information content (AvgIpc) is 2.52. The first-order valence-electron chi connectivity index (χ1n) is 8.14. The highest BCUT2D eigenvalue weighted by molar-refractivity contribution is 5.33. The minimum atomic E-state index is 0.145. The lowest BCUT2D eigenvalue weighted by molar-refractivity contribution is 0.105. The van der Waals surface area contributed by atoms with E-state index in [1.807, 2.05) is 12.1 Å². The van der Waals surface area contributed by atoms with Gasteiger partial charge >= 0.3 is 0 Å². The molecule has 0 bridgehead atoms. The van der Waals surface area contributed by atoms with Crippen molar-refractivity contribution in [1.29, 1.82) is 0 Å². The Morgan fingerprint density at radius 2 is 1.91 bits per heavy atom. The quantitative estimate of drug-likeness (QED) is 0.917. The van der Waals surface area contributed by atoms with E-state index in [1.165, 1.54) is 11.1 Å². The van der Waals surface area contributed by atoms with E-state index in [1.54, 1.807) is 6.07 Å². The van der Waals surface area contributed by atoms with Crippen LogP contribution < -0.4 is 0 Å². The largest absolute Gasteiger partial charge is 0.508 e. The van der Waals surface area contributed by atoms with Gasteiger partial charge in [-0.3, -0.25) is 4.90 Å². The molecule has 22 heavy (non-hydrogen) atoms. The van der Waals surface area contributed by atoms with Gasteiger partial charge in [0.1, 0.15) is 5.75 Å². The van der Waals surface area contributed by atoms with E-state index >= 15 is 0 Å². The van der Waals surface area contributed by atoms with Crippen LogP contribution in [0.4, 0.5) is 0 Å². The first-order chi connectivity index (χ1) is 10.6. The van der Waals surface area contributed by atoms with Crippen LogP contribution in [-0.2, 0) is 12.0 Å². The van der Waals surface area contributed by atoms with Crippen molar-refractivity contribution in [3.05, 3.63) is 65.7 Å². The Hall–Kier alpha value is -1.80. The van der Waals surface area contributed by atoms with Crippen LogP contribution in [0.1, 0.15) is 31.4 Å². The summed E-state index contributed by atoms with van der Waals surface area (Å²) in [7, 11) is 0. The average molecular weight is 295 g/mol. The van der Waals surface area contributed by atoms with Crippen LogP contribution >= 0.6 is 0 Å². The van der Waals surface area contributed by atoms with Gasteiger partial charge in [-0.2, -0.15) is 0 Å². The number of piperidine rings is 1. The molecular formula is C20H25NO. The number of phenolic OH excluding ortho intramolecular Hbond substituents is 1. The minimum absolute atomic E-state index is 0.145. The fourth-order valence-corrected chi connectivity index (χ4v) is 3.59.